The molecule has 2 atom stereocenters. The lowest BCUT2D eigenvalue weighted by Crippen LogP contribution is -2.21. The number of nitrogens with two attached hydrogens (primary N) is 2. The molecule has 2 aliphatic carbocycles. The van der Waals surface area contributed by atoms with Crippen molar-refractivity contribution < 1.29 is 21.9 Å². The average molecular weight is 415 g/mol. The second-order valence-electron chi connectivity index (χ2n) is 9.13. The second kappa shape index (κ2) is 13.2. The Kier molecular flexibility index (Phi) is 11.0. The lowest BCUT2D eigenvalue weighted by molar-refractivity contribution is -0.120. The van der Waals surface area contributed by atoms with Crippen LogP contribution in [-0.4, -0.2) is 37.2 Å². The van der Waals surface area contributed by atoms with Crippen LogP contribution < -0.4 is 11.5 Å². The number of rotatable bonds is 7. The van der Waals surface area contributed by atoms with Crippen LogP contribution in [0.3, 0.4) is 0 Å². The van der Waals surface area contributed by atoms with E-state index >= 15 is 0 Å². The maximum absolute atomic E-state index is 10.8. The molecule has 2 heterocycles. The summed E-state index contributed by atoms with van der Waals surface area (Å²) in [6.45, 7) is 4.08. The molecule has 2 amide bonds. The van der Waals surface area contributed by atoms with E-state index in [9.17, 15) is 9.59 Å². The topological polar surface area (TPSA) is 105 Å². The van der Waals surface area contributed by atoms with Gasteiger partial charge < -0.3 is 20.9 Å². The van der Waals surface area contributed by atoms with Crippen molar-refractivity contribution in [2.75, 3.05) is 13.2 Å². The summed E-state index contributed by atoms with van der Waals surface area (Å²) >= 11 is 0. The fourth-order valence-electron chi connectivity index (χ4n) is 4.48. The molecule has 0 aromatic rings. The van der Waals surface area contributed by atoms with Crippen LogP contribution in [0.4, 0.5) is 0 Å². The van der Waals surface area contributed by atoms with E-state index in [1.54, 1.807) is 0 Å². The van der Waals surface area contributed by atoms with E-state index in [1.807, 2.05) is 0 Å². The van der Waals surface area contributed by atoms with Gasteiger partial charge in [0.2, 0.25) is 11.8 Å². The van der Waals surface area contributed by atoms with Gasteiger partial charge in [0, 0.05) is 28.4 Å². The first kappa shape index (κ1) is 24.1. The van der Waals surface area contributed by atoms with Crippen molar-refractivity contribution in [2.24, 2.45) is 29.2 Å². The molecule has 0 spiro atoms. The van der Waals surface area contributed by atoms with Gasteiger partial charge in [0.1, 0.15) is 0 Å². The highest BCUT2D eigenvalue weighted by Crippen LogP contribution is 2.33. The van der Waals surface area contributed by atoms with Crippen molar-refractivity contribution in [3.8, 4) is 0 Å². The summed E-state index contributed by atoms with van der Waals surface area (Å²) in [6.07, 6.45) is 16.4. The van der Waals surface area contributed by atoms with E-state index in [4.69, 9.17) is 20.9 Å². The molecule has 2 saturated heterocycles. The van der Waals surface area contributed by atoms with E-state index in [-0.39, 0.29) is 20.6 Å². The van der Waals surface area contributed by atoms with Crippen molar-refractivity contribution in [3.05, 3.63) is 0 Å². The lowest BCUT2D eigenvalue weighted by Gasteiger charge is -2.27. The predicted molar refractivity (Wildman–Crippen MR) is 118 cm³/mol. The van der Waals surface area contributed by atoms with Gasteiger partial charge >= 0.3 is 0 Å². The Morgan fingerprint density at radius 1 is 0.828 bits per heavy atom. The molecule has 2 saturated carbocycles. The molecule has 0 aromatic heterocycles. The molecule has 4 fully saturated rings. The number of unbranched alkanes of at least 4 members (excludes halogenated alkanes) is 2. The molecule has 0 radical (unpaired) electrons. The van der Waals surface area contributed by atoms with Crippen LogP contribution >= 0.6 is 0 Å². The number of hydrogen-bond donors (Lipinski definition) is 2. The fourth-order valence-corrected chi connectivity index (χ4v) is 4.48. The first-order chi connectivity index (χ1) is 14.0. The SMILES string of the molecule is C1C[C@H]2OCC[C@H]2O1.CCCCCC1CCC(CC(N)=O)CC1.NC(=O)C1CC1.[HH].[HH]. The number of amides is 2. The summed E-state index contributed by atoms with van der Waals surface area (Å²) < 4.78 is 10.7. The number of hydrogen-bond acceptors (Lipinski definition) is 4. The van der Waals surface area contributed by atoms with E-state index in [2.05, 4.69) is 6.92 Å². The normalized spacial score (nSPS) is 30.4. The third-order valence-electron chi connectivity index (χ3n) is 6.54. The molecule has 4 N–H and O–H groups in total. The van der Waals surface area contributed by atoms with E-state index in [0.29, 0.717) is 24.5 Å². The second-order valence-corrected chi connectivity index (χ2v) is 9.13. The Morgan fingerprint density at radius 2 is 1.38 bits per heavy atom. The van der Waals surface area contributed by atoms with Crippen LogP contribution in [0.5, 0.6) is 0 Å². The largest absolute Gasteiger partial charge is 0.375 e. The van der Waals surface area contributed by atoms with E-state index < -0.39 is 0 Å². The van der Waals surface area contributed by atoms with Crippen LogP contribution in [0, 0.1) is 17.8 Å². The number of fused-ring (bicyclic) bond motifs is 1. The molecule has 0 unspecified atom stereocenters. The summed E-state index contributed by atoms with van der Waals surface area (Å²) in [7, 11) is 0. The van der Waals surface area contributed by atoms with Gasteiger partial charge in [-0.2, -0.15) is 0 Å². The predicted octanol–water partition coefficient (Wildman–Crippen LogP) is 4.19. The van der Waals surface area contributed by atoms with Crippen molar-refractivity contribution in [2.45, 2.75) is 103 Å². The molecule has 0 aromatic carbocycles. The van der Waals surface area contributed by atoms with Crippen molar-refractivity contribution in [1.82, 2.24) is 0 Å². The highest BCUT2D eigenvalue weighted by Gasteiger charge is 2.33. The quantitative estimate of drug-likeness (QED) is 0.609. The zero-order valence-corrected chi connectivity index (χ0v) is 18.3. The van der Waals surface area contributed by atoms with Gasteiger partial charge in [-0.25, -0.2) is 0 Å². The first-order valence-electron chi connectivity index (χ1n) is 11.8. The summed E-state index contributed by atoms with van der Waals surface area (Å²) in [5, 5.41) is 0. The lowest BCUT2D eigenvalue weighted by atomic mass is 9.78. The first-order valence-corrected chi connectivity index (χ1v) is 11.8. The van der Waals surface area contributed by atoms with Crippen LogP contribution in [0.2, 0.25) is 0 Å². The summed E-state index contributed by atoms with van der Waals surface area (Å²) in [5.41, 5.74) is 10.1. The Labute approximate surface area is 179 Å². The summed E-state index contributed by atoms with van der Waals surface area (Å²) in [5.74, 6) is 1.51. The Morgan fingerprint density at radius 3 is 1.79 bits per heavy atom. The minimum Gasteiger partial charge on any atom is -0.375 e. The third-order valence-corrected chi connectivity index (χ3v) is 6.54. The van der Waals surface area contributed by atoms with E-state index in [1.165, 1.54) is 51.4 Å². The highest BCUT2D eigenvalue weighted by molar-refractivity contribution is 5.78. The Balaban J connectivity index is 0.000000471. The number of carbonyl (C=O) groups excluding carboxylic acids is 2. The number of carbonyl (C=O) groups is 2. The third kappa shape index (κ3) is 9.94. The Hall–Kier alpha value is -1.14. The number of ether oxygens (including phenoxy) is 2. The maximum Gasteiger partial charge on any atom is 0.220 e. The van der Waals surface area contributed by atoms with Gasteiger partial charge in [-0.05, 0) is 50.4 Å². The molecule has 172 valence electrons. The van der Waals surface area contributed by atoms with Gasteiger partial charge in [-0.15, -0.1) is 0 Å². The van der Waals surface area contributed by atoms with Gasteiger partial charge in [-0.3, -0.25) is 9.59 Å². The van der Waals surface area contributed by atoms with Crippen molar-refractivity contribution in [3.63, 3.8) is 0 Å². The molecule has 6 nitrogen and oxygen atoms in total. The molecule has 2 aliphatic heterocycles. The monoisotopic (exact) mass is 414 g/mol. The minimum absolute atomic E-state index is 0. The zero-order valence-electron chi connectivity index (χ0n) is 18.3. The zero-order chi connectivity index (χ0) is 21.1. The van der Waals surface area contributed by atoms with Crippen LogP contribution in [-0.2, 0) is 19.1 Å². The van der Waals surface area contributed by atoms with Crippen LogP contribution in [0.25, 0.3) is 0 Å². The summed E-state index contributed by atoms with van der Waals surface area (Å²) in [4.78, 5) is 20.8. The minimum atomic E-state index is -0.130. The molecule has 4 rings (SSSR count). The van der Waals surface area contributed by atoms with Gasteiger partial charge in [0.25, 0.3) is 0 Å². The molecule has 0 bridgehead atoms. The summed E-state index contributed by atoms with van der Waals surface area (Å²) in [6, 6.07) is 0. The van der Waals surface area contributed by atoms with Crippen molar-refractivity contribution >= 4 is 11.8 Å². The molecule has 4 aliphatic rings. The molecular weight excluding hydrogens is 368 g/mol. The van der Waals surface area contributed by atoms with E-state index in [0.717, 1.165) is 44.8 Å². The van der Waals surface area contributed by atoms with Crippen molar-refractivity contribution in [1.29, 1.82) is 0 Å². The van der Waals surface area contributed by atoms with Gasteiger partial charge in [0.15, 0.2) is 0 Å². The molecule has 29 heavy (non-hydrogen) atoms. The molecular formula is C23H46N2O4. The number of primary amides is 2. The Bertz CT molecular complexity index is 478. The molecule has 6 heteroatoms. The highest BCUT2D eigenvalue weighted by atomic mass is 16.6. The smallest absolute Gasteiger partial charge is 0.220 e. The van der Waals surface area contributed by atoms with Crippen LogP contribution in [0.1, 0.15) is 93.2 Å². The van der Waals surface area contributed by atoms with Crippen LogP contribution in [0.15, 0.2) is 0 Å². The average Bonchev–Trinajstić information content (AvgIpc) is 3.30. The standard InChI is InChI=1S/C13H25NO.C6H10O2.C4H7NO.2H2/c1-2-3-4-5-11-6-8-12(9-7-11)10-13(14)15;1-3-7-6-2-4-8-5(1)6;5-4(6)3-1-2-3;;/h11-12H,2-10H2,1H3,(H2,14,15);5-6H,1-4H2;3H,1-2H2,(H2,5,6);2*1H/t;5-,6-;;;/m.1.../s1. The van der Waals surface area contributed by atoms with Gasteiger partial charge in [-0.1, -0.05) is 45.4 Å². The fraction of sp³-hybridized carbons (Fsp3) is 0.913. The maximum atomic E-state index is 10.8. The van der Waals surface area contributed by atoms with Gasteiger partial charge in [0.05, 0.1) is 12.2 Å².